The van der Waals surface area contributed by atoms with E-state index in [-0.39, 0.29) is 5.92 Å². The van der Waals surface area contributed by atoms with Gasteiger partial charge < -0.3 is 10.1 Å². The first-order valence-corrected chi connectivity index (χ1v) is 6.95. The van der Waals surface area contributed by atoms with Gasteiger partial charge in [-0.15, -0.1) is 0 Å². The van der Waals surface area contributed by atoms with E-state index in [2.05, 4.69) is 37.4 Å². The van der Waals surface area contributed by atoms with Crippen molar-refractivity contribution in [1.82, 2.24) is 0 Å². The molecule has 102 valence electrons. The van der Waals surface area contributed by atoms with Gasteiger partial charge in [-0.05, 0) is 56.7 Å². The highest BCUT2D eigenvalue weighted by atomic mass is 16.5. The lowest BCUT2D eigenvalue weighted by molar-refractivity contribution is 0.391. The highest BCUT2D eigenvalue weighted by molar-refractivity contribution is 5.63. The molecule has 0 heterocycles. The van der Waals surface area contributed by atoms with Crippen molar-refractivity contribution in [1.29, 1.82) is 5.26 Å². The average molecular weight is 258 g/mol. The molecule has 0 radical (unpaired) electrons. The van der Waals surface area contributed by atoms with Gasteiger partial charge in [-0.1, -0.05) is 6.07 Å². The fourth-order valence-electron chi connectivity index (χ4n) is 2.85. The summed E-state index contributed by atoms with van der Waals surface area (Å²) in [6.45, 7) is 4.19. The van der Waals surface area contributed by atoms with Crippen LogP contribution in [0.3, 0.4) is 0 Å². The molecule has 0 saturated heterocycles. The van der Waals surface area contributed by atoms with E-state index in [1.165, 1.54) is 11.1 Å². The second kappa shape index (κ2) is 5.97. The number of rotatable bonds is 3. The first kappa shape index (κ1) is 13.7. The number of benzene rings is 1. The van der Waals surface area contributed by atoms with Crippen LogP contribution in [-0.4, -0.2) is 13.2 Å². The fourth-order valence-corrected chi connectivity index (χ4v) is 2.85. The summed E-state index contributed by atoms with van der Waals surface area (Å²) in [5.74, 6) is 1.17. The van der Waals surface area contributed by atoms with Crippen molar-refractivity contribution >= 4 is 5.69 Å². The highest BCUT2D eigenvalue weighted by Gasteiger charge is 2.22. The summed E-state index contributed by atoms with van der Waals surface area (Å²) >= 11 is 0. The summed E-state index contributed by atoms with van der Waals surface area (Å²) in [6, 6.07) is 7.07. The summed E-state index contributed by atoms with van der Waals surface area (Å²) in [5.41, 5.74) is 3.54. The minimum absolute atomic E-state index is 0.249. The molecule has 2 rings (SSSR count). The third-order valence-corrected chi connectivity index (χ3v) is 3.92. The zero-order chi connectivity index (χ0) is 13.8. The van der Waals surface area contributed by atoms with E-state index in [1.54, 1.807) is 7.11 Å². The zero-order valence-electron chi connectivity index (χ0n) is 12.0. The maximum Gasteiger partial charge on any atom is 0.142 e. The van der Waals surface area contributed by atoms with Crippen molar-refractivity contribution in [3.8, 4) is 11.8 Å². The Morgan fingerprint density at radius 2 is 1.89 bits per heavy atom. The Morgan fingerprint density at radius 1 is 1.21 bits per heavy atom. The molecule has 0 aliphatic heterocycles. The van der Waals surface area contributed by atoms with Gasteiger partial charge >= 0.3 is 0 Å². The first-order valence-electron chi connectivity index (χ1n) is 6.95. The molecule has 1 aromatic rings. The first-order chi connectivity index (χ1) is 9.13. The molecular weight excluding hydrogens is 236 g/mol. The molecule has 0 bridgehead atoms. The average Bonchev–Trinajstić information content (AvgIpc) is 2.42. The number of hydrogen-bond acceptors (Lipinski definition) is 3. The van der Waals surface area contributed by atoms with Gasteiger partial charge in [0.2, 0.25) is 0 Å². The predicted octanol–water partition coefficient (Wildman–Crippen LogP) is 3.81. The quantitative estimate of drug-likeness (QED) is 0.896. The number of methoxy groups -OCH3 is 1. The van der Waals surface area contributed by atoms with Gasteiger partial charge in [0.1, 0.15) is 5.75 Å². The summed E-state index contributed by atoms with van der Waals surface area (Å²) in [4.78, 5) is 0. The van der Waals surface area contributed by atoms with E-state index in [0.29, 0.717) is 6.04 Å². The maximum atomic E-state index is 8.93. The lowest BCUT2D eigenvalue weighted by atomic mass is 9.87. The van der Waals surface area contributed by atoms with E-state index in [4.69, 9.17) is 10.00 Å². The van der Waals surface area contributed by atoms with E-state index >= 15 is 0 Å². The summed E-state index contributed by atoms with van der Waals surface area (Å²) in [6.07, 6.45) is 4.13. The molecule has 1 fully saturated rings. The second-order valence-corrected chi connectivity index (χ2v) is 5.48. The third-order valence-electron chi connectivity index (χ3n) is 3.92. The Bertz CT molecular complexity index is 482. The smallest absolute Gasteiger partial charge is 0.142 e. The Hall–Kier alpha value is -1.69. The monoisotopic (exact) mass is 258 g/mol. The number of nitrogens with one attached hydrogen (secondary N) is 1. The van der Waals surface area contributed by atoms with E-state index in [1.807, 2.05) is 0 Å². The van der Waals surface area contributed by atoms with Gasteiger partial charge in [0.05, 0.1) is 18.9 Å². The topological polar surface area (TPSA) is 45.0 Å². The lowest BCUT2D eigenvalue weighted by Gasteiger charge is -2.28. The molecular formula is C16H22N2O. The predicted molar refractivity (Wildman–Crippen MR) is 77.4 cm³/mol. The molecule has 1 aliphatic carbocycles. The molecule has 0 atom stereocenters. The van der Waals surface area contributed by atoms with Crippen molar-refractivity contribution in [3.05, 3.63) is 23.3 Å². The second-order valence-electron chi connectivity index (χ2n) is 5.48. The lowest BCUT2D eigenvalue weighted by Crippen LogP contribution is -2.26. The minimum atomic E-state index is 0.249. The molecule has 1 aliphatic rings. The standard InChI is InChI=1S/C16H22N2O/c1-11-8-12(2)16(15(9-11)19-3)18-14-6-4-13(10-17)5-7-14/h8-9,13-14,18H,4-7H2,1-3H3. The van der Waals surface area contributed by atoms with Crippen LogP contribution in [0.2, 0.25) is 0 Å². The number of nitriles is 1. The molecule has 0 unspecified atom stereocenters. The SMILES string of the molecule is COc1cc(C)cc(C)c1NC1CCC(C#N)CC1. The van der Waals surface area contributed by atoms with Gasteiger partial charge in [-0.25, -0.2) is 0 Å². The van der Waals surface area contributed by atoms with Crippen LogP contribution in [0, 0.1) is 31.1 Å². The van der Waals surface area contributed by atoms with Crippen LogP contribution in [0.25, 0.3) is 0 Å². The molecule has 1 N–H and O–H groups in total. The Labute approximate surface area is 115 Å². The van der Waals surface area contributed by atoms with Crippen LogP contribution in [0.4, 0.5) is 5.69 Å². The summed E-state index contributed by atoms with van der Waals surface area (Å²) in [5, 5.41) is 12.5. The van der Waals surface area contributed by atoms with Crippen LogP contribution < -0.4 is 10.1 Å². The minimum Gasteiger partial charge on any atom is -0.495 e. The van der Waals surface area contributed by atoms with Gasteiger partial charge in [0, 0.05) is 12.0 Å². The number of aryl methyl sites for hydroxylation is 2. The fraction of sp³-hybridized carbons (Fsp3) is 0.562. The van der Waals surface area contributed by atoms with E-state index < -0.39 is 0 Å². The third kappa shape index (κ3) is 3.20. The Morgan fingerprint density at radius 3 is 2.47 bits per heavy atom. The van der Waals surface area contributed by atoms with E-state index in [0.717, 1.165) is 37.1 Å². The number of ether oxygens (including phenoxy) is 1. The Kier molecular flexibility index (Phi) is 4.31. The summed E-state index contributed by atoms with van der Waals surface area (Å²) in [7, 11) is 1.71. The van der Waals surface area contributed by atoms with Crippen LogP contribution in [0.1, 0.15) is 36.8 Å². The van der Waals surface area contributed by atoms with Crippen LogP contribution in [-0.2, 0) is 0 Å². The number of nitrogens with zero attached hydrogens (tertiary/aromatic N) is 1. The molecule has 19 heavy (non-hydrogen) atoms. The normalized spacial score (nSPS) is 22.6. The zero-order valence-corrected chi connectivity index (χ0v) is 12.0. The molecule has 0 aromatic heterocycles. The molecule has 1 aromatic carbocycles. The van der Waals surface area contributed by atoms with Crippen molar-refractivity contribution in [3.63, 3.8) is 0 Å². The molecule has 0 amide bonds. The molecule has 3 nitrogen and oxygen atoms in total. The van der Waals surface area contributed by atoms with Crippen molar-refractivity contribution in [2.75, 3.05) is 12.4 Å². The van der Waals surface area contributed by atoms with Gasteiger partial charge in [0.25, 0.3) is 0 Å². The summed E-state index contributed by atoms with van der Waals surface area (Å²) < 4.78 is 5.48. The van der Waals surface area contributed by atoms with Crippen molar-refractivity contribution < 1.29 is 4.74 Å². The van der Waals surface area contributed by atoms with E-state index in [9.17, 15) is 0 Å². The van der Waals surface area contributed by atoms with Gasteiger partial charge in [-0.3, -0.25) is 0 Å². The Balaban J connectivity index is 2.10. The van der Waals surface area contributed by atoms with Gasteiger partial charge in [0.15, 0.2) is 0 Å². The largest absolute Gasteiger partial charge is 0.495 e. The maximum absolute atomic E-state index is 8.93. The highest BCUT2D eigenvalue weighted by Crippen LogP contribution is 2.33. The van der Waals surface area contributed by atoms with Crippen LogP contribution in [0.5, 0.6) is 5.75 Å². The van der Waals surface area contributed by atoms with Crippen LogP contribution >= 0.6 is 0 Å². The molecule has 1 saturated carbocycles. The number of hydrogen-bond donors (Lipinski definition) is 1. The number of anilines is 1. The molecule has 0 spiro atoms. The van der Waals surface area contributed by atoms with Crippen molar-refractivity contribution in [2.45, 2.75) is 45.6 Å². The van der Waals surface area contributed by atoms with Crippen LogP contribution in [0.15, 0.2) is 12.1 Å². The molecule has 3 heteroatoms. The van der Waals surface area contributed by atoms with Crippen molar-refractivity contribution in [2.24, 2.45) is 5.92 Å². The van der Waals surface area contributed by atoms with Gasteiger partial charge in [-0.2, -0.15) is 5.26 Å².